The van der Waals surface area contributed by atoms with E-state index in [1.165, 1.54) is 5.56 Å². The van der Waals surface area contributed by atoms with Crippen molar-refractivity contribution in [1.82, 2.24) is 0 Å². The van der Waals surface area contributed by atoms with Gasteiger partial charge in [-0.05, 0) is 43.4 Å². The quantitative estimate of drug-likeness (QED) is 0.674. The van der Waals surface area contributed by atoms with Crippen LogP contribution in [0.25, 0.3) is 0 Å². The van der Waals surface area contributed by atoms with Gasteiger partial charge in [-0.2, -0.15) is 0 Å². The van der Waals surface area contributed by atoms with Crippen LogP contribution in [0.15, 0.2) is 18.2 Å². The van der Waals surface area contributed by atoms with Crippen LogP contribution in [0, 0.1) is 5.92 Å². The fraction of sp³-hybridized carbons (Fsp3) is 0.647. The van der Waals surface area contributed by atoms with E-state index in [1.807, 2.05) is 19.1 Å². The van der Waals surface area contributed by atoms with Gasteiger partial charge < -0.3 is 19.3 Å². The zero-order chi connectivity index (χ0) is 15.7. The van der Waals surface area contributed by atoms with Gasteiger partial charge in [0.2, 0.25) is 0 Å². The van der Waals surface area contributed by atoms with Crippen molar-refractivity contribution in [2.75, 3.05) is 27.4 Å². The minimum atomic E-state index is -0.270. The lowest BCUT2D eigenvalue weighted by Crippen LogP contribution is -2.13. The monoisotopic (exact) mass is 296 g/mol. The van der Waals surface area contributed by atoms with Gasteiger partial charge in [0.15, 0.2) is 11.5 Å². The van der Waals surface area contributed by atoms with Crippen molar-refractivity contribution in [3.05, 3.63) is 23.8 Å². The summed E-state index contributed by atoms with van der Waals surface area (Å²) in [7, 11) is 3.33. The Bertz CT molecular complexity index is 404. The lowest BCUT2D eigenvalue weighted by molar-refractivity contribution is 0.130. The molecule has 2 unspecified atom stereocenters. The first-order chi connectivity index (χ1) is 10.1. The van der Waals surface area contributed by atoms with E-state index in [0.717, 1.165) is 30.8 Å². The van der Waals surface area contributed by atoms with E-state index < -0.39 is 0 Å². The molecule has 0 amide bonds. The SMILES string of the molecule is COCCCOc1cc(CCC(C)C(C)O)ccc1OC. The van der Waals surface area contributed by atoms with Crippen molar-refractivity contribution in [3.63, 3.8) is 0 Å². The molecule has 0 aliphatic heterocycles. The fourth-order valence-electron chi connectivity index (χ4n) is 2.01. The molecule has 0 saturated carbocycles. The van der Waals surface area contributed by atoms with Crippen LogP contribution in [0.1, 0.15) is 32.3 Å². The molecule has 0 saturated heterocycles. The van der Waals surface area contributed by atoms with Crippen molar-refractivity contribution in [2.24, 2.45) is 5.92 Å². The summed E-state index contributed by atoms with van der Waals surface area (Å²) in [5, 5.41) is 9.55. The molecule has 4 heteroatoms. The molecule has 2 atom stereocenters. The first-order valence-electron chi connectivity index (χ1n) is 7.55. The third-order valence-corrected chi connectivity index (χ3v) is 3.69. The summed E-state index contributed by atoms with van der Waals surface area (Å²) in [4.78, 5) is 0. The van der Waals surface area contributed by atoms with Gasteiger partial charge in [0, 0.05) is 20.1 Å². The number of aliphatic hydroxyl groups excluding tert-OH is 1. The van der Waals surface area contributed by atoms with Gasteiger partial charge in [-0.1, -0.05) is 13.0 Å². The molecule has 0 aliphatic carbocycles. The number of aliphatic hydroxyl groups is 1. The second-order valence-electron chi connectivity index (χ2n) is 5.44. The highest BCUT2D eigenvalue weighted by Crippen LogP contribution is 2.29. The molecule has 4 nitrogen and oxygen atoms in total. The summed E-state index contributed by atoms with van der Waals surface area (Å²) in [6, 6.07) is 6.02. The molecule has 0 spiro atoms. The van der Waals surface area contributed by atoms with Crippen LogP contribution < -0.4 is 9.47 Å². The molecular formula is C17H28O4. The summed E-state index contributed by atoms with van der Waals surface area (Å²) in [5.41, 5.74) is 1.20. The second kappa shape index (κ2) is 9.64. The molecule has 0 radical (unpaired) electrons. The third kappa shape index (κ3) is 6.36. The van der Waals surface area contributed by atoms with Crippen LogP contribution in [0.4, 0.5) is 0 Å². The fourth-order valence-corrected chi connectivity index (χ4v) is 2.01. The average molecular weight is 296 g/mol. The number of rotatable bonds is 10. The minimum Gasteiger partial charge on any atom is -0.493 e. The van der Waals surface area contributed by atoms with Gasteiger partial charge in [0.1, 0.15) is 0 Å². The van der Waals surface area contributed by atoms with E-state index in [9.17, 15) is 5.11 Å². The van der Waals surface area contributed by atoms with E-state index in [4.69, 9.17) is 14.2 Å². The number of methoxy groups -OCH3 is 2. The number of aryl methyl sites for hydroxylation is 1. The Morgan fingerprint density at radius 1 is 1.10 bits per heavy atom. The summed E-state index contributed by atoms with van der Waals surface area (Å²) in [5.74, 6) is 1.81. The number of benzene rings is 1. The second-order valence-corrected chi connectivity index (χ2v) is 5.44. The average Bonchev–Trinajstić information content (AvgIpc) is 2.49. The predicted octanol–water partition coefficient (Wildman–Crippen LogP) is 3.06. The predicted molar refractivity (Wildman–Crippen MR) is 84.1 cm³/mol. The third-order valence-electron chi connectivity index (χ3n) is 3.69. The van der Waals surface area contributed by atoms with Gasteiger partial charge in [0.25, 0.3) is 0 Å². The van der Waals surface area contributed by atoms with E-state index >= 15 is 0 Å². The normalized spacial score (nSPS) is 13.8. The zero-order valence-electron chi connectivity index (χ0n) is 13.6. The van der Waals surface area contributed by atoms with Crippen molar-refractivity contribution < 1.29 is 19.3 Å². The molecule has 0 bridgehead atoms. The highest BCUT2D eigenvalue weighted by Gasteiger charge is 2.10. The maximum atomic E-state index is 9.55. The first-order valence-corrected chi connectivity index (χ1v) is 7.55. The summed E-state index contributed by atoms with van der Waals surface area (Å²) < 4.78 is 16.1. The molecule has 0 aromatic heterocycles. The van der Waals surface area contributed by atoms with Gasteiger partial charge in [0.05, 0.1) is 19.8 Å². The Hall–Kier alpha value is -1.26. The number of ether oxygens (including phenoxy) is 3. The highest BCUT2D eigenvalue weighted by atomic mass is 16.5. The van der Waals surface area contributed by atoms with Crippen molar-refractivity contribution in [2.45, 2.75) is 39.2 Å². The van der Waals surface area contributed by atoms with Gasteiger partial charge in [-0.3, -0.25) is 0 Å². The van der Waals surface area contributed by atoms with Crippen LogP contribution in [-0.2, 0) is 11.2 Å². The van der Waals surface area contributed by atoms with E-state index in [0.29, 0.717) is 13.2 Å². The van der Waals surface area contributed by atoms with Crippen LogP contribution in [0.3, 0.4) is 0 Å². The van der Waals surface area contributed by atoms with Crippen LogP contribution in [0.5, 0.6) is 11.5 Å². The van der Waals surface area contributed by atoms with Gasteiger partial charge >= 0.3 is 0 Å². The summed E-state index contributed by atoms with van der Waals surface area (Å²) in [6.07, 6.45) is 2.45. The topological polar surface area (TPSA) is 47.9 Å². The number of hydrogen-bond donors (Lipinski definition) is 1. The standard InChI is InChI=1S/C17H28O4/c1-13(14(2)18)6-7-15-8-9-16(20-4)17(12-15)21-11-5-10-19-3/h8-9,12-14,18H,5-7,10-11H2,1-4H3. The highest BCUT2D eigenvalue weighted by molar-refractivity contribution is 5.43. The lowest BCUT2D eigenvalue weighted by Gasteiger charge is -2.15. The summed E-state index contributed by atoms with van der Waals surface area (Å²) >= 11 is 0. The van der Waals surface area contributed by atoms with E-state index in [2.05, 4.69) is 13.0 Å². The zero-order valence-corrected chi connectivity index (χ0v) is 13.6. The first kappa shape index (κ1) is 17.8. The van der Waals surface area contributed by atoms with Gasteiger partial charge in [-0.25, -0.2) is 0 Å². The van der Waals surface area contributed by atoms with Crippen LogP contribution >= 0.6 is 0 Å². The molecule has 1 N–H and O–H groups in total. The van der Waals surface area contributed by atoms with Crippen LogP contribution in [-0.4, -0.2) is 38.6 Å². The molecular weight excluding hydrogens is 268 g/mol. The Morgan fingerprint density at radius 2 is 1.86 bits per heavy atom. The van der Waals surface area contributed by atoms with Crippen molar-refractivity contribution in [1.29, 1.82) is 0 Å². The maximum Gasteiger partial charge on any atom is 0.161 e. The van der Waals surface area contributed by atoms with Crippen LogP contribution in [0.2, 0.25) is 0 Å². The smallest absolute Gasteiger partial charge is 0.161 e. The van der Waals surface area contributed by atoms with E-state index in [-0.39, 0.29) is 12.0 Å². The molecule has 0 fully saturated rings. The molecule has 21 heavy (non-hydrogen) atoms. The molecule has 120 valence electrons. The molecule has 0 aliphatic rings. The van der Waals surface area contributed by atoms with Gasteiger partial charge in [-0.15, -0.1) is 0 Å². The maximum absolute atomic E-state index is 9.55. The number of hydrogen-bond acceptors (Lipinski definition) is 4. The Kier molecular flexibility index (Phi) is 8.16. The summed E-state index contributed by atoms with van der Waals surface area (Å²) in [6.45, 7) is 5.20. The molecule has 0 heterocycles. The lowest BCUT2D eigenvalue weighted by atomic mass is 9.97. The van der Waals surface area contributed by atoms with Crippen molar-refractivity contribution >= 4 is 0 Å². The Morgan fingerprint density at radius 3 is 2.48 bits per heavy atom. The van der Waals surface area contributed by atoms with E-state index in [1.54, 1.807) is 14.2 Å². The van der Waals surface area contributed by atoms with Crippen molar-refractivity contribution in [3.8, 4) is 11.5 Å². The largest absolute Gasteiger partial charge is 0.493 e. The Balaban J connectivity index is 2.61. The minimum absolute atomic E-state index is 0.270. The Labute approximate surface area is 128 Å². The molecule has 1 aromatic rings. The molecule has 1 aromatic carbocycles. The molecule has 1 rings (SSSR count).